The molecule has 0 aliphatic heterocycles. The first-order chi connectivity index (χ1) is 15.1. The number of nitrogens with zero attached hydrogens (tertiary/aromatic N) is 3. The van der Waals surface area contributed by atoms with E-state index in [9.17, 15) is 4.79 Å². The number of fused-ring (bicyclic) bond motifs is 1. The van der Waals surface area contributed by atoms with Crippen LogP contribution in [0.15, 0.2) is 53.8 Å². The number of rotatable bonds is 7. The van der Waals surface area contributed by atoms with Crippen LogP contribution in [0.3, 0.4) is 0 Å². The third-order valence-electron chi connectivity index (χ3n) is 4.91. The number of hydrogen-bond acceptors (Lipinski definition) is 7. The van der Waals surface area contributed by atoms with Crippen molar-refractivity contribution in [2.75, 3.05) is 21.3 Å². The molecule has 2 heterocycles. The molecule has 31 heavy (non-hydrogen) atoms. The van der Waals surface area contributed by atoms with Crippen LogP contribution in [-0.2, 0) is 9.53 Å². The fraction of sp³-hybridized carbons (Fsp3) is 0.227. The molecule has 1 N–H and O–H groups in total. The maximum absolute atomic E-state index is 12.0. The van der Waals surface area contributed by atoms with Gasteiger partial charge in [0.05, 0.1) is 27.0 Å². The van der Waals surface area contributed by atoms with Gasteiger partial charge in [-0.05, 0) is 25.1 Å². The Kier molecular flexibility index (Phi) is 5.85. The number of thioether (sulfide) groups is 1. The molecule has 0 fully saturated rings. The molecule has 0 unspecified atom stereocenters. The number of carbonyl (C=O) groups excluding carboxylic acids is 1. The summed E-state index contributed by atoms with van der Waals surface area (Å²) in [6.07, 6.45) is 1.90. The number of aromatic amines is 1. The highest BCUT2D eigenvalue weighted by atomic mass is 32.2. The minimum Gasteiger partial charge on any atom is -0.497 e. The molecule has 4 rings (SSSR count). The van der Waals surface area contributed by atoms with Gasteiger partial charge >= 0.3 is 5.97 Å². The summed E-state index contributed by atoms with van der Waals surface area (Å²) >= 11 is 1.26. The van der Waals surface area contributed by atoms with Crippen molar-refractivity contribution >= 4 is 28.6 Å². The molecule has 9 heteroatoms. The Morgan fingerprint density at radius 3 is 2.65 bits per heavy atom. The lowest BCUT2D eigenvalue weighted by molar-refractivity contribution is -0.139. The van der Waals surface area contributed by atoms with Crippen LogP contribution < -0.4 is 9.47 Å². The number of para-hydroxylation sites is 1. The molecule has 0 amide bonds. The van der Waals surface area contributed by atoms with E-state index in [-0.39, 0.29) is 5.97 Å². The summed E-state index contributed by atoms with van der Waals surface area (Å²) in [5.41, 5.74) is 2.57. The highest BCUT2D eigenvalue weighted by molar-refractivity contribution is 8.00. The molecule has 0 saturated heterocycles. The van der Waals surface area contributed by atoms with Crippen LogP contribution in [0, 0.1) is 0 Å². The average Bonchev–Trinajstić information content (AvgIpc) is 3.41. The summed E-state index contributed by atoms with van der Waals surface area (Å²) in [5, 5.41) is 9.95. The summed E-state index contributed by atoms with van der Waals surface area (Å²) in [6, 6.07) is 13.5. The van der Waals surface area contributed by atoms with Gasteiger partial charge in [-0.3, -0.25) is 9.36 Å². The maximum Gasteiger partial charge on any atom is 0.318 e. The Balaban J connectivity index is 1.94. The molecule has 0 saturated carbocycles. The summed E-state index contributed by atoms with van der Waals surface area (Å²) in [7, 11) is 4.57. The molecule has 1 atom stereocenters. The van der Waals surface area contributed by atoms with Crippen molar-refractivity contribution in [2.24, 2.45) is 0 Å². The van der Waals surface area contributed by atoms with E-state index < -0.39 is 5.25 Å². The first-order valence-corrected chi connectivity index (χ1v) is 10.4. The second-order valence-electron chi connectivity index (χ2n) is 6.71. The Bertz CT molecular complexity index is 1230. The van der Waals surface area contributed by atoms with Crippen molar-refractivity contribution in [2.45, 2.75) is 17.3 Å². The van der Waals surface area contributed by atoms with Crippen LogP contribution in [0.25, 0.3) is 28.0 Å². The van der Waals surface area contributed by atoms with Gasteiger partial charge in [-0.25, -0.2) is 0 Å². The smallest absolute Gasteiger partial charge is 0.318 e. The highest BCUT2D eigenvalue weighted by Crippen LogP contribution is 2.37. The molecule has 0 aliphatic rings. The van der Waals surface area contributed by atoms with Crippen molar-refractivity contribution in [3.05, 3.63) is 48.7 Å². The molecule has 160 valence electrons. The lowest BCUT2D eigenvalue weighted by atomic mass is 10.1. The minimum absolute atomic E-state index is 0.342. The Morgan fingerprint density at radius 1 is 1.10 bits per heavy atom. The van der Waals surface area contributed by atoms with E-state index in [1.54, 1.807) is 21.1 Å². The standard InChI is InChI=1S/C22H22N4O4S/c1-13(21(27)30-4)31-22-25-24-20(16-12-23-17-8-6-5-7-15(16)17)26(22)18-11-14(28-2)9-10-19(18)29-3/h5-13,23H,1-4H3/t13-/m0/s1. The van der Waals surface area contributed by atoms with Gasteiger partial charge in [0.2, 0.25) is 0 Å². The zero-order chi connectivity index (χ0) is 22.0. The zero-order valence-electron chi connectivity index (χ0n) is 17.6. The summed E-state index contributed by atoms with van der Waals surface area (Å²) in [5.74, 6) is 1.55. The number of methoxy groups -OCH3 is 3. The second-order valence-corrected chi connectivity index (χ2v) is 8.02. The summed E-state index contributed by atoms with van der Waals surface area (Å²) in [4.78, 5) is 15.3. The molecular weight excluding hydrogens is 416 g/mol. The highest BCUT2D eigenvalue weighted by Gasteiger charge is 2.25. The quantitative estimate of drug-likeness (QED) is 0.343. The van der Waals surface area contributed by atoms with Gasteiger partial charge in [0.25, 0.3) is 0 Å². The van der Waals surface area contributed by atoms with Crippen molar-refractivity contribution in [3.63, 3.8) is 0 Å². The van der Waals surface area contributed by atoms with Gasteiger partial charge in [-0.1, -0.05) is 30.0 Å². The molecule has 2 aromatic heterocycles. The second kappa shape index (κ2) is 8.73. The zero-order valence-corrected chi connectivity index (χ0v) is 18.4. The van der Waals surface area contributed by atoms with Crippen LogP contribution in [0.5, 0.6) is 11.5 Å². The Hall–Kier alpha value is -3.46. The lowest BCUT2D eigenvalue weighted by Gasteiger charge is -2.16. The molecule has 8 nitrogen and oxygen atoms in total. The normalized spacial score (nSPS) is 12.0. The topological polar surface area (TPSA) is 91.3 Å². The largest absolute Gasteiger partial charge is 0.497 e. The van der Waals surface area contributed by atoms with E-state index in [0.717, 1.165) is 16.5 Å². The van der Waals surface area contributed by atoms with Gasteiger partial charge in [-0.15, -0.1) is 10.2 Å². The average molecular weight is 439 g/mol. The predicted molar refractivity (Wildman–Crippen MR) is 119 cm³/mol. The number of nitrogens with one attached hydrogen (secondary N) is 1. The molecule has 2 aromatic carbocycles. The van der Waals surface area contributed by atoms with E-state index >= 15 is 0 Å². The van der Waals surface area contributed by atoms with Crippen molar-refractivity contribution < 1.29 is 19.0 Å². The van der Waals surface area contributed by atoms with Gasteiger partial charge in [0.1, 0.15) is 16.7 Å². The van der Waals surface area contributed by atoms with Gasteiger partial charge in [0.15, 0.2) is 11.0 Å². The van der Waals surface area contributed by atoms with Gasteiger partial charge in [0, 0.05) is 28.7 Å². The molecule has 0 spiro atoms. The van der Waals surface area contributed by atoms with E-state index in [1.807, 2.05) is 53.2 Å². The van der Waals surface area contributed by atoms with E-state index in [1.165, 1.54) is 18.9 Å². The number of ether oxygens (including phenoxy) is 3. The third-order valence-corrected chi connectivity index (χ3v) is 5.93. The predicted octanol–water partition coefficient (Wildman–Crippen LogP) is 4.09. The van der Waals surface area contributed by atoms with Crippen molar-refractivity contribution in [3.8, 4) is 28.6 Å². The molecule has 0 aliphatic carbocycles. The SMILES string of the molecule is COC(=O)[C@H](C)Sc1nnc(-c2c[nH]c3ccccc23)n1-c1cc(OC)ccc1OC. The number of benzene rings is 2. The lowest BCUT2D eigenvalue weighted by Crippen LogP contribution is -2.15. The fourth-order valence-corrected chi connectivity index (χ4v) is 4.22. The summed E-state index contributed by atoms with van der Waals surface area (Å²) < 4.78 is 17.8. The molecule has 0 bridgehead atoms. The van der Waals surface area contributed by atoms with Crippen molar-refractivity contribution in [1.82, 2.24) is 19.7 Å². The molecular formula is C22H22N4O4S. The Morgan fingerprint density at radius 2 is 1.90 bits per heavy atom. The van der Waals surface area contributed by atoms with Crippen LogP contribution in [0.1, 0.15) is 6.92 Å². The third kappa shape index (κ3) is 3.84. The molecule has 4 aromatic rings. The number of hydrogen-bond donors (Lipinski definition) is 1. The van der Waals surface area contributed by atoms with Crippen LogP contribution in [0.2, 0.25) is 0 Å². The van der Waals surface area contributed by atoms with E-state index in [4.69, 9.17) is 14.2 Å². The first kappa shape index (κ1) is 20.8. The molecule has 0 radical (unpaired) electrons. The number of esters is 1. The van der Waals surface area contributed by atoms with E-state index in [2.05, 4.69) is 15.2 Å². The van der Waals surface area contributed by atoms with Gasteiger partial charge < -0.3 is 19.2 Å². The van der Waals surface area contributed by atoms with Crippen molar-refractivity contribution in [1.29, 1.82) is 0 Å². The minimum atomic E-state index is -0.472. The summed E-state index contributed by atoms with van der Waals surface area (Å²) in [6.45, 7) is 1.77. The monoisotopic (exact) mass is 438 g/mol. The number of H-pyrrole nitrogens is 1. The van der Waals surface area contributed by atoms with E-state index in [0.29, 0.717) is 28.2 Å². The number of carbonyl (C=O) groups is 1. The van der Waals surface area contributed by atoms with Crippen LogP contribution in [-0.4, -0.2) is 52.3 Å². The fourth-order valence-electron chi connectivity index (χ4n) is 3.34. The van der Waals surface area contributed by atoms with Crippen LogP contribution >= 0.6 is 11.8 Å². The first-order valence-electron chi connectivity index (χ1n) is 9.56. The van der Waals surface area contributed by atoms with Crippen LogP contribution in [0.4, 0.5) is 0 Å². The van der Waals surface area contributed by atoms with Gasteiger partial charge in [-0.2, -0.15) is 0 Å². The maximum atomic E-state index is 12.0. The number of aromatic nitrogens is 4. The Labute approximate surface area is 183 Å².